The van der Waals surface area contributed by atoms with Crippen molar-refractivity contribution in [2.45, 2.75) is 57.0 Å². The Bertz CT molecular complexity index is 552. The van der Waals surface area contributed by atoms with Gasteiger partial charge in [0.25, 0.3) is 0 Å². The molecule has 0 unspecified atom stereocenters. The number of halogens is 2. The van der Waals surface area contributed by atoms with Gasteiger partial charge in [0.15, 0.2) is 0 Å². The molecule has 23 heavy (non-hydrogen) atoms. The number of carbonyl (C=O) groups excluding carboxylic acids is 1. The molecule has 0 aromatic heterocycles. The zero-order valence-corrected chi connectivity index (χ0v) is 14.9. The molecule has 1 N–H and O–H groups in total. The van der Waals surface area contributed by atoms with Crippen molar-refractivity contribution < 1.29 is 4.79 Å². The van der Waals surface area contributed by atoms with E-state index in [1.54, 1.807) is 6.07 Å². The van der Waals surface area contributed by atoms with Gasteiger partial charge in [0, 0.05) is 6.04 Å². The number of nitrogens with zero attached hydrogens (tertiary/aromatic N) is 1. The first-order chi connectivity index (χ1) is 11.1. The van der Waals surface area contributed by atoms with E-state index in [1.165, 1.54) is 19.3 Å². The number of rotatable bonds is 4. The highest BCUT2D eigenvalue weighted by Crippen LogP contribution is 2.31. The van der Waals surface area contributed by atoms with Crippen LogP contribution in [0.1, 0.15) is 56.6 Å². The van der Waals surface area contributed by atoms with E-state index in [0.717, 1.165) is 44.3 Å². The first-order valence-electron chi connectivity index (χ1n) is 8.64. The third-order valence-corrected chi connectivity index (χ3v) is 5.70. The normalized spacial score (nSPS) is 21.3. The predicted octanol–water partition coefficient (Wildman–Crippen LogP) is 4.58. The summed E-state index contributed by atoms with van der Waals surface area (Å²) in [6.45, 7) is 1.92. The van der Waals surface area contributed by atoms with Crippen molar-refractivity contribution in [1.29, 1.82) is 0 Å². The second-order valence-corrected chi connectivity index (χ2v) is 7.48. The van der Waals surface area contributed by atoms with Crippen LogP contribution < -0.4 is 5.32 Å². The van der Waals surface area contributed by atoms with Crippen LogP contribution in [0.15, 0.2) is 18.2 Å². The van der Waals surface area contributed by atoms with E-state index in [2.05, 4.69) is 10.2 Å². The van der Waals surface area contributed by atoms with Crippen molar-refractivity contribution in [3.05, 3.63) is 33.8 Å². The molecule has 1 saturated heterocycles. The zero-order chi connectivity index (χ0) is 16.2. The number of nitrogens with one attached hydrogen (secondary N) is 1. The Morgan fingerprint density at radius 1 is 1.04 bits per heavy atom. The molecule has 2 fully saturated rings. The van der Waals surface area contributed by atoms with Gasteiger partial charge < -0.3 is 5.32 Å². The minimum Gasteiger partial charge on any atom is -0.352 e. The van der Waals surface area contributed by atoms with E-state index in [4.69, 9.17) is 23.2 Å². The van der Waals surface area contributed by atoms with Gasteiger partial charge >= 0.3 is 0 Å². The summed E-state index contributed by atoms with van der Waals surface area (Å²) >= 11 is 12.2. The first kappa shape index (κ1) is 17.1. The van der Waals surface area contributed by atoms with Gasteiger partial charge in [0.2, 0.25) is 5.91 Å². The zero-order valence-electron chi connectivity index (χ0n) is 13.4. The van der Waals surface area contributed by atoms with Crippen molar-refractivity contribution in [2.75, 3.05) is 13.1 Å². The molecule has 1 heterocycles. The van der Waals surface area contributed by atoms with Crippen LogP contribution in [-0.2, 0) is 4.79 Å². The largest absolute Gasteiger partial charge is 0.352 e. The van der Waals surface area contributed by atoms with Gasteiger partial charge in [-0.15, -0.1) is 0 Å². The van der Waals surface area contributed by atoms with Crippen LogP contribution in [0.5, 0.6) is 0 Å². The van der Waals surface area contributed by atoms with E-state index >= 15 is 0 Å². The van der Waals surface area contributed by atoms with Crippen LogP contribution in [0, 0.1) is 0 Å². The molecule has 1 aromatic carbocycles. The summed E-state index contributed by atoms with van der Waals surface area (Å²) in [6.07, 6.45) is 8.20. The minimum absolute atomic E-state index is 0.109. The molecule has 1 aromatic rings. The quantitative estimate of drug-likeness (QED) is 0.858. The summed E-state index contributed by atoms with van der Waals surface area (Å²) in [4.78, 5) is 15.2. The van der Waals surface area contributed by atoms with E-state index in [1.807, 2.05) is 12.1 Å². The molecule has 1 aliphatic heterocycles. The molecule has 0 bridgehead atoms. The maximum Gasteiger partial charge on any atom is 0.242 e. The number of benzene rings is 1. The van der Waals surface area contributed by atoms with Crippen LogP contribution in [-0.4, -0.2) is 29.9 Å². The lowest BCUT2D eigenvalue weighted by Gasteiger charge is -2.30. The third-order valence-electron chi connectivity index (χ3n) is 4.97. The third kappa shape index (κ3) is 4.20. The topological polar surface area (TPSA) is 32.3 Å². The van der Waals surface area contributed by atoms with Crippen LogP contribution in [0.4, 0.5) is 0 Å². The van der Waals surface area contributed by atoms with Crippen LogP contribution in [0.3, 0.4) is 0 Å². The fourth-order valence-electron chi connectivity index (χ4n) is 3.74. The highest BCUT2D eigenvalue weighted by molar-refractivity contribution is 6.42. The van der Waals surface area contributed by atoms with Gasteiger partial charge in [-0.3, -0.25) is 9.69 Å². The van der Waals surface area contributed by atoms with E-state index in [9.17, 15) is 4.79 Å². The second-order valence-electron chi connectivity index (χ2n) is 6.66. The number of amides is 1. The lowest BCUT2D eigenvalue weighted by atomic mass is 9.94. The maximum atomic E-state index is 13.0. The van der Waals surface area contributed by atoms with Gasteiger partial charge in [0.05, 0.1) is 10.0 Å². The molecule has 3 rings (SSSR count). The minimum atomic E-state index is -0.255. The standard InChI is InChI=1S/C18H24Cl2N2O/c19-15-9-8-13(12-16(15)20)17(22-10-4-5-11-22)18(23)21-14-6-2-1-3-7-14/h8-9,12,14,17H,1-7,10-11H2,(H,21,23)/t17-/m0/s1. The Balaban J connectivity index is 1.79. The summed E-state index contributed by atoms with van der Waals surface area (Å²) < 4.78 is 0. The van der Waals surface area contributed by atoms with Crippen LogP contribution >= 0.6 is 23.2 Å². The molecule has 5 heteroatoms. The SMILES string of the molecule is O=C(NC1CCCCC1)[C@H](c1ccc(Cl)c(Cl)c1)N1CCCC1. The Hall–Kier alpha value is -0.770. The van der Waals surface area contributed by atoms with Gasteiger partial charge in [0.1, 0.15) is 6.04 Å². The number of likely N-dealkylation sites (tertiary alicyclic amines) is 1. The molecule has 1 atom stereocenters. The van der Waals surface area contributed by atoms with Crippen LogP contribution in [0.25, 0.3) is 0 Å². The van der Waals surface area contributed by atoms with Gasteiger partial charge in [-0.2, -0.15) is 0 Å². The summed E-state index contributed by atoms with van der Waals surface area (Å²) in [5, 5.41) is 4.32. The lowest BCUT2D eigenvalue weighted by molar-refractivity contribution is -0.127. The first-order valence-corrected chi connectivity index (χ1v) is 9.40. The molecule has 1 saturated carbocycles. The average Bonchev–Trinajstić information content (AvgIpc) is 3.06. The van der Waals surface area contributed by atoms with E-state index < -0.39 is 0 Å². The lowest BCUT2D eigenvalue weighted by Crippen LogP contribution is -2.44. The van der Waals surface area contributed by atoms with Crippen molar-refractivity contribution in [3.8, 4) is 0 Å². The number of carbonyl (C=O) groups is 1. The van der Waals surface area contributed by atoms with Gasteiger partial charge in [-0.25, -0.2) is 0 Å². The summed E-state index contributed by atoms with van der Waals surface area (Å²) in [5.74, 6) is 0.109. The van der Waals surface area contributed by atoms with Crippen molar-refractivity contribution >= 4 is 29.1 Å². The Labute approximate surface area is 148 Å². The number of hydrogen-bond acceptors (Lipinski definition) is 2. The molecule has 0 spiro atoms. The van der Waals surface area contributed by atoms with Gasteiger partial charge in [-0.1, -0.05) is 48.5 Å². The Morgan fingerprint density at radius 3 is 2.39 bits per heavy atom. The van der Waals surface area contributed by atoms with Crippen LogP contribution in [0.2, 0.25) is 10.0 Å². The second kappa shape index (κ2) is 7.87. The van der Waals surface area contributed by atoms with Crippen molar-refractivity contribution in [1.82, 2.24) is 10.2 Å². The molecular formula is C18H24Cl2N2O. The highest BCUT2D eigenvalue weighted by Gasteiger charge is 2.31. The fraction of sp³-hybridized carbons (Fsp3) is 0.611. The summed E-state index contributed by atoms with van der Waals surface area (Å²) in [5.41, 5.74) is 0.939. The molecule has 2 aliphatic rings. The predicted molar refractivity (Wildman–Crippen MR) is 95.0 cm³/mol. The molecule has 3 nitrogen and oxygen atoms in total. The molecule has 1 amide bonds. The molecule has 1 aliphatic carbocycles. The summed E-state index contributed by atoms with van der Waals surface area (Å²) in [6, 6.07) is 5.62. The molecule has 126 valence electrons. The molecule has 0 radical (unpaired) electrons. The van der Waals surface area contributed by atoms with Crippen molar-refractivity contribution in [3.63, 3.8) is 0 Å². The summed E-state index contributed by atoms with van der Waals surface area (Å²) in [7, 11) is 0. The van der Waals surface area contributed by atoms with E-state index in [0.29, 0.717) is 16.1 Å². The fourth-order valence-corrected chi connectivity index (χ4v) is 4.04. The Kier molecular flexibility index (Phi) is 5.84. The smallest absolute Gasteiger partial charge is 0.242 e. The monoisotopic (exact) mass is 354 g/mol. The van der Waals surface area contributed by atoms with E-state index in [-0.39, 0.29) is 11.9 Å². The number of hydrogen-bond donors (Lipinski definition) is 1. The van der Waals surface area contributed by atoms with Gasteiger partial charge in [-0.05, 0) is 56.5 Å². The maximum absolute atomic E-state index is 13.0. The highest BCUT2D eigenvalue weighted by atomic mass is 35.5. The molecular weight excluding hydrogens is 331 g/mol. The Morgan fingerprint density at radius 2 is 1.74 bits per heavy atom. The average molecular weight is 355 g/mol. The van der Waals surface area contributed by atoms with Crippen molar-refractivity contribution in [2.24, 2.45) is 0 Å².